The Hall–Kier alpha value is -8.60. The van der Waals surface area contributed by atoms with Crippen LogP contribution in [0.1, 0.15) is 130 Å². The number of benzene rings is 12. The first-order valence-electron chi connectivity index (χ1n) is 33.5. The van der Waals surface area contributed by atoms with Crippen molar-refractivity contribution in [1.29, 1.82) is 0 Å². The quantitative estimate of drug-likeness (QED) is 0.0380. The van der Waals surface area contributed by atoms with E-state index in [2.05, 4.69) is 210 Å². The molecule has 0 bridgehead atoms. The Morgan fingerprint density at radius 1 is 0.227 bits per heavy atom. The second-order valence-electron chi connectivity index (χ2n) is 24.9. The fraction of sp³-hybridized carbons (Fsp3) is 0.286. The van der Waals surface area contributed by atoms with Crippen LogP contribution in [-0.4, -0.2) is 26.4 Å². The van der Waals surface area contributed by atoms with E-state index in [9.17, 15) is 0 Å². The third-order valence-electron chi connectivity index (χ3n) is 19.0. The maximum Gasteiger partial charge on any atom is 0.161 e. The maximum absolute atomic E-state index is 6.73. The van der Waals surface area contributed by atoms with Gasteiger partial charge >= 0.3 is 0 Å². The molecular weight excluding hydrogens is 1070 g/mol. The number of ether oxygens (including phenoxy) is 4. The topological polar surface area (TPSA) is 36.9 Å². The van der Waals surface area contributed by atoms with Gasteiger partial charge in [0.1, 0.15) is 0 Å². The van der Waals surface area contributed by atoms with Crippen LogP contribution in [0.4, 0.5) is 0 Å². The highest BCUT2D eigenvalue weighted by molar-refractivity contribution is 6.35. The molecule has 0 saturated carbocycles. The molecule has 0 N–H and O–H groups in total. The van der Waals surface area contributed by atoms with Crippen molar-refractivity contribution in [3.8, 4) is 101 Å². The molecule has 2 aliphatic carbocycles. The van der Waals surface area contributed by atoms with Crippen molar-refractivity contribution in [3.05, 3.63) is 182 Å². The van der Waals surface area contributed by atoms with Crippen LogP contribution in [0.15, 0.2) is 182 Å². The molecule has 0 unspecified atom stereocenters. The normalized spacial score (nSPS) is 12.1. The number of fused-ring (bicyclic) bond motifs is 14. The second kappa shape index (κ2) is 25.6. The molecule has 0 aromatic heterocycles. The highest BCUT2D eigenvalue weighted by Crippen LogP contribution is 2.60. The average Bonchev–Trinajstić information content (AvgIpc) is 1.54. The van der Waals surface area contributed by atoms with E-state index in [-0.39, 0.29) is 0 Å². The predicted molar refractivity (Wildman–Crippen MR) is 375 cm³/mol. The molecule has 0 atom stereocenters. The minimum atomic E-state index is 0.681. The van der Waals surface area contributed by atoms with Crippen molar-refractivity contribution in [3.63, 3.8) is 0 Å². The first kappa shape index (κ1) is 57.2. The van der Waals surface area contributed by atoms with Gasteiger partial charge in [0.25, 0.3) is 0 Å². The van der Waals surface area contributed by atoms with E-state index in [1.54, 1.807) is 0 Å². The van der Waals surface area contributed by atoms with E-state index < -0.39 is 0 Å². The smallest absolute Gasteiger partial charge is 0.161 e. The van der Waals surface area contributed by atoms with E-state index in [0.717, 1.165) is 48.7 Å². The molecule has 88 heavy (non-hydrogen) atoms. The molecule has 12 aromatic rings. The van der Waals surface area contributed by atoms with Gasteiger partial charge in [0.05, 0.1) is 26.4 Å². The monoisotopic (exact) mass is 1150 g/mol. The van der Waals surface area contributed by atoms with E-state index >= 15 is 0 Å². The van der Waals surface area contributed by atoms with Gasteiger partial charge in [-0.05, 0) is 205 Å². The van der Waals surface area contributed by atoms with E-state index in [4.69, 9.17) is 18.9 Å². The number of rotatable bonds is 27. The molecule has 14 rings (SSSR count). The van der Waals surface area contributed by atoms with Gasteiger partial charge in [0.15, 0.2) is 23.0 Å². The van der Waals surface area contributed by atoms with Gasteiger partial charge in [-0.2, -0.15) is 0 Å². The Kier molecular flexibility index (Phi) is 16.6. The molecule has 0 radical (unpaired) electrons. The summed E-state index contributed by atoms with van der Waals surface area (Å²) in [5.41, 5.74) is 17.4. The molecule has 0 fully saturated rings. The van der Waals surface area contributed by atoms with Gasteiger partial charge in [-0.1, -0.05) is 250 Å². The summed E-state index contributed by atoms with van der Waals surface area (Å²) in [6, 6.07) is 68.9. The van der Waals surface area contributed by atoms with Crippen molar-refractivity contribution in [1.82, 2.24) is 0 Å². The highest BCUT2D eigenvalue weighted by atomic mass is 16.5. The number of hydrogen-bond acceptors (Lipinski definition) is 4. The Labute approximate surface area is 520 Å². The first-order chi connectivity index (χ1) is 43.6. The third kappa shape index (κ3) is 10.5. The van der Waals surface area contributed by atoms with Gasteiger partial charge in [0.2, 0.25) is 0 Å². The van der Waals surface area contributed by atoms with Gasteiger partial charge in [-0.15, -0.1) is 0 Å². The van der Waals surface area contributed by atoms with Crippen LogP contribution in [0.3, 0.4) is 0 Å². The van der Waals surface area contributed by atoms with Crippen molar-refractivity contribution in [2.24, 2.45) is 0 Å². The summed E-state index contributed by atoms with van der Waals surface area (Å²) in [6.07, 6.45) is 18.5. The molecule has 442 valence electrons. The van der Waals surface area contributed by atoms with Crippen LogP contribution in [0.5, 0.6) is 23.0 Å². The molecule has 4 heteroatoms. The maximum atomic E-state index is 6.73. The molecule has 0 amide bonds. The molecule has 4 nitrogen and oxygen atoms in total. The molecule has 0 spiro atoms. The summed E-state index contributed by atoms with van der Waals surface area (Å²) < 4.78 is 26.9. The standard InChI is InChI=1S/C84H82O4/c1-5-9-13-25-45-85-73-51-67-69(53-75(73)87-47-27-15-11-7-3)81-65-35-23-21-33-63(65)77(71-49-59-29-17-19-31-61(59)79(67)83(71)81)57-41-37-55(38-42-57)56-39-43-58(44-40-56)78-64-34-22-24-36-66(64)82-70-54-76(88-48-28-16-12-8-4)74(86-46-26-14-10-6-2)52-68(70)80-62-32-20-18-30-60(62)50-72(78)84(80)82/h17-24,29-44,49-54H,5-16,25-28,45-48H2,1-4H3. The molecule has 2 aliphatic rings. The van der Waals surface area contributed by atoms with Crippen molar-refractivity contribution in [2.75, 3.05) is 26.4 Å². The van der Waals surface area contributed by atoms with Crippen molar-refractivity contribution < 1.29 is 18.9 Å². The average molecular weight is 1160 g/mol. The summed E-state index contributed by atoms with van der Waals surface area (Å²) in [6.45, 7) is 11.8. The zero-order chi connectivity index (χ0) is 59.5. The van der Waals surface area contributed by atoms with Crippen molar-refractivity contribution in [2.45, 2.75) is 130 Å². The van der Waals surface area contributed by atoms with Gasteiger partial charge in [-0.3, -0.25) is 0 Å². The number of unbranched alkanes of at least 4 members (excludes halogenated alkanes) is 12. The lowest BCUT2D eigenvalue weighted by Gasteiger charge is -2.18. The second-order valence-corrected chi connectivity index (χ2v) is 24.9. The minimum absolute atomic E-state index is 0.681. The van der Waals surface area contributed by atoms with Crippen LogP contribution >= 0.6 is 0 Å². The molecule has 0 saturated heterocycles. The largest absolute Gasteiger partial charge is 0.490 e. The SMILES string of the molecule is CCCCCCOc1cc2c(cc1OCCCCCC)-c1c3ccccc3c(-c3ccc(-c4ccc(-c5c6ccccc6c6c7c(c8ccccc8cc57)-c5cc(OCCCCCC)c(OCCCCCC)cc5-6)cc4)cc3)c3cc4ccccc4c-2c13. The van der Waals surface area contributed by atoms with Crippen molar-refractivity contribution >= 4 is 64.6 Å². The summed E-state index contributed by atoms with van der Waals surface area (Å²) >= 11 is 0. The van der Waals surface area contributed by atoms with Crippen LogP contribution in [0.2, 0.25) is 0 Å². The van der Waals surface area contributed by atoms with E-state index in [1.807, 2.05) is 0 Å². The highest BCUT2D eigenvalue weighted by Gasteiger charge is 2.33. The summed E-state index contributed by atoms with van der Waals surface area (Å²) in [7, 11) is 0. The van der Waals surface area contributed by atoms with Crippen LogP contribution in [-0.2, 0) is 0 Å². The number of hydrogen-bond donors (Lipinski definition) is 0. The summed E-state index contributed by atoms with van der Waals surface area (Å²) in [4.78, 5) is 0. The Balaban J connectivity index is 0.849. The van der Waals surface area contributed by atoms with E-state index in [0.29, 0.717) is 26.4 Å². The molecular formula is C84H82O4. The Bertz CT molecular complexity index is 4160. The zero-order valence-corrected chi connectivity index (χ0v) is 52.1. The third-order valence-corrected chi connectivity index (χ3v) is 19.0. The van der Waals surface area contributed by atoms with Crippen LogP contribution in [0, 0.1) is 0 Å². The van der Waals surface area contributed by atoms with Crippen LogP contribution in [0.25, 0.3) is 143 Å². The van der Waals surface area contributed by atoms with Gasteiger partial charge in [0, 0.05) is 0 Å². The summed E-state index contributed by atoms with van der Waals surface area (Å²) in [5.74, 6) is 3.41. The molecule has 12 aromatic carbocycles. The zero-order valence-electron chi connectivity index (χ0n) is 52.1. The Morgan fingerprint density at radius 3 is 0.795 bits per heavy atom. The molecule has 0 heterocycles. The fourth-order valence-corrected chi connectivity index (χ4v) is 14.6. The predicted octanol–water partition coefficient (Wildman–Crippen LogP) is 24.7. The minimum Gasteiger partial charge on any atom is -0.490 e. The molecule has 0 aliphatic heterocycles. The van der Waals surface area contributed by atoms with Gasteiger partial charge < -0.3 is 18.9 Å². The summed E-state index contributed by atoms with van der Waals surface area (Å²) in [5, 5.41) is 15.2. The van der Waals surface area contributed by atoms with Crippen LogP contribution < -0.4 is 18.9 Å². The Morgan fingerprint density at radius 2 is 0.489 bits per heavy atom. The first-order valence-corrected chi connectivity index (χ1v) is 33.5. The lowest BCUT2D eigenvalue weighted by atomic mass is 9.85. The fourth-order valence-electron chi connectivity index (χ4n) is 14.6. The van der Waals surface area contributed by atoms with Gasteiger partial charge in [-0.25, -0.2) is 0 Å². The lowest BCUT2D eigenvalue weighted by Crippen LogP contribution is -2.03. The van der Waals surface area contributed by atoms with E-state index in [1.165, 1.54) is 220 Å². The lowest BCUT2D eigenvalue weighted by molar-refractivity contribution is 0.259.